The molecule has 3 N–H and O–H groups in total. The lowest BCUT2D eigenvalue weighted by atomic mass is 10.2. The second-order valence-corrected chi connectivity index (χ2v) is 8.33. The normalized spacial score (nSPS) is 11.6. The number of hydrogen-bond donors (Lipinski definition) is 3. The number of nitrogens with one attached hydrogen (secondary N) is 3. The van der Waals surface area contributed by atoms with Crippen LogP contribution in [0.25, 0.3) is 10.9 Å². The summed E-state index contributed by atoms with van der Waals surface area (Å²) >= 11 is 6.01. The van der Waals surface area contributed by atoms with E-state index in [-0.39, 0.29) is 19.4 Å². The lowest BCUT2D eigenvalue weighted by Gasteiger charge is -2.11. The molecule has 2 aromatic carbocycles. The van der Waals surface area contributed by atoms with Gasteiger partial charge < -0.3 is 4.98 Å². The van der Waals surface area contributed by atoms with Gasteiger partial charge in [-0.1, -0.05) is 18.2 Å². The van der Waals surface area contributed by atoms with Crippen LogP contribution in [-0.2, 0) is 10.0 Å². The summed E-state index contributed by atoms with van der Waals surface area (Å²) < 4.78 is 38.2. The van der Waals surface area contributed by atoms with Gasteiger partial charge in [0, 0.05) is 26.0 Å². The summed E-state index contributed by atoms with van der Waals surface area (Å²) in [4.78, 5) is 17.0. The van der Waals surface area contributed by atoms with Crippen LogP contribution >= 0.6 is 31.9 Å². The van der Waals surface area contributed by atoms with E-state index in [2.05, 4.69) is 42.3 Å². The van der Waals surface area contributed by atoms with Crippen molar-refractivity contribution < 1.29 is 17.6 Å². The van der Waals surface area contributed by atoms with Crippen molar-refractivity contribution in [1.29, 1.82) is 0 Å². The number of aromatic amines is 1. The molecule has 0 aliphatic carbocycles. The molecule has 0 unspecified atom stereocenters. The molecule has 3 rings (SSSR count). The standard InChI is InChI=1S/C15H10Br2FN3O3S/c16-11-5-8(18)6-12(17)14(11)25(23,24)21-20-15(22)10-7-19-13-4-2-1-3-9(10)13/h1-7,19,21H,(H,20,22). The minimum Gasteiger partial charge on any atom is -0.360 e. The molecule has 0 aliphatic heterocycles. The third-order valence-electron chi connectivity index (χ3n) is 3.36. The van der Waals surface area contributed by atoms with Gasteiger partial charge in [-0.15, -0.1) is 4.83 Å². The molecule has 0 fully saturated rings. The Hall–Kier alpha value is -1.75. The van der Waals surface area contributed by atoms with Crippen molar-refractivity contribution in [3.8, 4) is 0 Å². The summed E-state index contributed by atoms with van der Waals surface area (Å²) in [5, 5.41) is 0.656. The van der Waals surface area contributed by atoms with E-state index in [1.807, 2.05) is 10.9 Å². The van der Waals surface area contributed by atoms with Crippen molar-refractivity contribution in [1.82, 2.24) is 15.2 Å². The summed E-state index contributed by atoms with van der Waals surface area (Å²) in [5.74, 6) is -1.24. The molecule has 1 amide bonds. The number of para-hydroxylation sites is 1. The first kappa shape index (κ1) is 18.1. The Morgan fingerprint density at radius 1 is 1.12 bits per heavy atom. The van der Waals surface area contributed by atoms with E-state index in [0.29, 0.717) is 5.39 Å². The van der Waals surface area contributed by atoms with Crippen LogP contribution in [0.1, 0.15) is 10.4 Å². The number of halogens is 3. The fraction of sp³-hybridized carbons (Fsp3) is 0. The molecule has 0 spiro atoms. The highest BCUT2D eigenvalue weighted by molar-refractivity contribution is 9.11. The Kier molecular flexibility index (Phi) is 4.96. The van der Waals surface area contributed by atoms with Gasteiger partial charge in [-0.2, -0.15) is 0 Å². The van der Waals surface area contributed by atoms with E-state index >= 15 is 0 Å². The SMILES string of the molecule is O=C(NNS(=O)(=O)c1c(Br)cc(F)cc1Br)c1c[nH]c2ccccc12. The topological polar surface area (TPSA) is 91.1 Å². The van der Waals surface area contributed by atoms with Gasteiger partial charge >= 0.3 is 0 Å². The molecule has 0 bridgehead atoms. The zero-order valence-corrected chi connectivity index (χ0v) is 16.3. The van der Waals surface area contributed by atoms with Gasteiger partial charge in [0.15, 0.2) is 0 Å². The summed E-state index contributed by atoms with van der Waals surface area (Å²) in [5.41, 5.74) is 3.19. The number of fused-ring (bicyclic) bond motifs is 1. The summed E-state index contributed by atoms with van der Waals surface area (Å²) in [7, 11) is -4.13. The van der Waals surface area contributed by atoms with E-state index < -0.39 is 21.7 Å². The Bertz CT molecular complexity index is 1060. The smallest absolute Gasteiger partial charge is 0.268 e. The van der Waals surface area contributed by atoms with Crippen LogP contribution in [0.15, 0.2) is 56.4 Å². The largest absolute Gasteiger partial charge is 0.360 e. The van der Waals surface area contributed by atoms with Gasteiger partial charge in [0.1, 0.15) is 10.7 Å². The molecule has 0 atom stereocenters. The Labute approximate surface area is 159 Å². The number of aromatic nitrogens is 1. The zero-order valence-electron chi connectivity index (χ0n) is 12.3. The first-order chi connectivity index (χ1) is 11.8. The molecule has 0 saturated carbocycles. The van der Waals surface area contributed by atoms with Gasteiger partial charge in [0.05, 0.1) is 5.56 Å². The Morgan fingerprint density at radius 3 is 2.44 bits per heavy atom. The second-order valence-electron chi connectivity index (χ2n) is 5.01. The Morgan fingerprint density at radius 2 is 1.76 bits per heavy atom. The molecule has 0 aliphatic rings. The number of H-pyrrole nitrogens is 1. The zero-order chi connectivity index (χ0) is 18.2. The monoisotopic (exact) mass is 489 g/mol. The molecule has 10 heteroatoms. The fourth-order valence-electron chi connectivity index (χ4n) is 2.28. The number of carbonyl (C=O) groups is 1. The van der Waals surface area contributed by atoms with Crippen molar-refractivity contribution in [3.63, 3.8) is 0 Å². The predicted molar refractivity (Wildman–Crippen MR) is 97.9 cm³/mol. The van der Waals surface area contributed by atoms with Crippen molar-refractivity contribution in [2.24, 2.45) is 0 Å². The average molecular weight is 491 g/mol. The summed E-state index contributed by atoms with van der Waals surface area (Å²) in [6.07, 6.45) is 1.48. The maximum absolute atomic E-state index is 13.3. The average Bonchev–Trinajstić information content (AvgIpc) is 2.95. The second kappa shape index (κ2) is 6.87. The van der Waals surface area contributed by atoms with E-state index in [9.17, 15) is 17.6 Å². The maximum atomic E-state index is 13.3. The van der Waals surface area contributed by atoms with Crippen LogP contribution in [-0.4, -0.2) is 19.3 Å². The first-order valence-corrected chi connectivity index (χ1v) is 9.89. The number of carbonyl (C=O) groups excluding carboxylic acids is 1. The number of amides is 1. The van der Waals surface area contributed by atoms with Crippen molar-refractivity contribution in [3.05, 3.63) is 62.9 Å². The van der Waals surface area contributed by atoms with E-state index in [1.165, 1.54) is 6.20 Å². The molecular formula is C15H10Br2FN3O3S. The Balaban J connectivity index is 1.84. The number of benzene rings is 2. The highest BCUT2D eigenvalue weighted by Gasteiger charge is 2.23. The molecule has 1 aromatic heterocycles. The molecule has 130 valence electrons. The minimum absolute atomic E-state index is 0.0215. The highest BCUT2D eigenvalue weighted by Crippen LogP contribution is 2.30. The molecule has 6 nitrogen and oxygen atoms in total. The van der Waals surface area contributed by atoms with Gasteiger partial charge in [0.25, 0.3) is 15.9 Å². The maximum Gasteiger partial charge on any atom is 0.268 e. The molecule has 3 aromatic rings. The van der Waals surface area contributed by atoms with Gasteiger partial charge in [0.2, 0.25) is 0 Å². The summed E-state index contributed by atoms with van der Waals surface area (Å²) in [6.45, 7) is 0. The van der Waals surface area contributed by atoms with Gasteiger partial charge in [-0.3, -0.25) is 10.2 Å². The fourth-order valence-corrected chi connectivity index (χ4v) is 5.65. The number of hydrazine groups is 1. The van der Waals surface area contributed by atoms with Crippen LogP contribution in [0.5, 0.6) is 0 Å². The summed E-state index contributed by atoms with van der Waals surface area (Å²) in [6, 6.07) is 9.14. The molecule has 0 saturated heterocycles. The predicted octanol–water partition coefficient (Wildman–Crippen LogP) is 3.46. The van der Waals surface area contributed by atoms with Gasteiger partial charge in [-0.25, -0.2) is 12.8 Å². The lowest BCUT2D eigenvalue weighted by Crippen LogP contribution is -2.41. The van der Waals surface area contributed by atoms with Crippen LogP contribution in [0.4, 0.5) is 4.39 Å². The van der Waals surface area contributed by atoms with E-state index in [1.54, 1.807) is 18.2 Å². The number of hydrogen-bond acceptors (Lipinski definition) is 3. The quantitative estimate of drug-likeness (QED) is 0.489. The first-order valence-electron chi connectivity index (χ1n) is 6.82. The van der Waals surface area contributed by atoms with Crippen LogP contribution in [0, 0.1) is 5.82 Å². The van der Waals surface area contributed by atoms with Crippen molar-refractivity contribution in [2.45, 2.75) is 4.90 Å². The van der Waals surface area contributed by atoms with Crippen LogP contribution < -0.4 is 10.3 Å². The highest BCUT2D eigenvalue weighted by atomic mass is 79.9. The third kappa shape index (κ3) is 3.61. The molecule has 0 radical (unpaired) electrons. The number of sulfonamides is 1. The molecular weight excluding hydrogens is 481 g/mol. The van der Waals surface area contributed by atoms with Crippen LogP contribution in [0.2, 0.25) is 0 Å². The van der Waals surface area contributed by atoms with Crippen LogP contribution in [0.3, 0.4) is 0 Å². The van der Waals surface area contributed by atoms with E-state index in [0.717, 1.165) is 17.6 Å². The lowest BCUT2D eigenvalue weighted by molar-refractivity contribution is 0.0947. The third-order valence-corrected chi connectivity index (χ3v) is 6.49. The van der Waals surface area contributed by atoms with Crippen molar-refractivity contribution in [2.75, 3.05) is 0 Å². The van der Waals surface area contributed by atoms with Crippen molar-refractivity contribution >= 4 is 58.7 Å². The van der Waals surface area contributed by atoms with E-state index in [4.69, 9.17) is 0 Å². The minimum atomic E-state index is -4.13. The van der Waals surface area contributed by atoms with Gasteiger partial charge in [-0.05, 0) is 50.1 Å². The molecule has 25 heavy (non-hydrogen) atoms. The number of rotatable bonds is 4. The molecule has 1 heterocycles.